The molecule has 1 fully saturated rings. The summed E-state index contributed by atoms with van der Waals surface area (Å²) in [5.41, 5.74) is -0.326. The van der Waals surface area contributed by atoms with Crippen LogP contribution >= 0.6 is 11.6 Å². The number of rotatable bonds is 2. The standard InChI is InChI=1S/C13H17BClNO4/c1-12(2)13(3,4)20-14(19-12)8-6-7-16-10(9(8)15)11(17)18-5/h6-7H,1-5H3. The van der Waals surface area contributed by atoms with E-state index in [-0.39, 0.29) is 10.7 Å². The van der Waals surface area contributed by atoms with E-state index in [2.05, 4.69) is 9.72 Å². The van der Waals surface area contributed by atoms with Gasteiger partial charge in [-0.25, -0.2) is 9.78 Å². The molecule has 0 atom stereocenters. The van der Waals surface area contributed by atoms with Crippen molar-refractivity contribution in [3.8, 4) is 0 Å². The monoisotopic (exact) mass is 297 g/mol. The lowest BCUT2D eigenvalue weighted by Crippen LogP contribution is -2.41. The number of esters is 1. The Labute approximate surface area is 123 Å². The zero-order valence-electron chi connectivity index (χ0n) is 12.2. The van der Waals surface area contributed by atoms with Crippen LogP contribution in [0.5, 0.6) is 0 Å². The molecule has 0 amide bonds. The molecule has 0 N–H and O–H groups in total. The van der Waals surface area contributed by atoms with Gasteiger partial charge in [0.25, 0.3) is 0 Å². The Morgan fingerprint density at radius 3 is 2.35 bits per heavy atom. The molecule has 1 aliphatic heterocycles. The molecule has 1 aliphatic rings. The van der Waals surface area contributed by atoms with Gasteiger partial charge in [0.05, 0.1) is 23.3 Å². The largest absolute Gasteiger partial charge is 0.496 e. The summed E-state index contributed by atoms with van der Waals surface area (Å²) in [4.78, 5) is 15.5. The number of hydrogen-bond acceptors (Lipinski definition) is 5. The van der Waals surface area contributed by atoms with Gasteiger partial charge in [-0.3, -0.25) is 0 Å². The van der Waals surface area contributed by atoms with Gasteiger partial charge in [0, 0.05) is 11.7 Å². The number of halogens is 1. The van der Waals surface area contributed by atoms with Crippen LogP contribution < -0.4 is 5.46 Å². The third-order valence-corrected chi connectivity index (χ3v) is 4.20. The van der Waals surface area contributed by atoms with E-state index in [0.717, 1.165) is 0 Å². The zero-order chi connectivity index (χ0) is 15.1. The molecular weight excluding hydrogens is 280 g/mol. The Hall–Kier alpha value is -1.11. The van der Waals surface area contributed by atoms with Gasteiger partial charge in [0.1, 0.15) is 0 Å². The van der Waals surface area contributed by atoms with Crippen molar-refractivity contribution in [1.82, 2.24) is 4.98 Å². The highest BCUT2D eigenvalue weighted by Crippen LogP contribution is 2.37. The van der Waals surface area contributed by atoms with Crippen molar-refractivity contribution in [2.24, 2.45) is 0 Å². The molecule has 2 heterocycles. The average Bonchev–Trinajstić information content (AvgIpc) is 2.57. The van der Waals surface area contributed by atoms with Crippen LogP contribution in [0.3, 0.4) is 0 Å². The van der Waals surface area contributed by atoms with Gasteiger partial charge in [0.15, 0.2) is 5.69 Å². The fourth-order valence-electron chi connectivity index (χ4n) is 1.85. The molecule has 1 aromatic rings. The highest BCUT2D eigenvalue weighted by Gasteiger charge is 2.52. The molecule has 0 unspecified atom stereocenters. The Morgan fingerprint density at radius 1 is 1.30 bits per heavy atom. The maximum Gasteiger partial charge on any atom is 0.496 e. The van der Waals surface area contributed by atoms with Crippen molar-refractivity contribution in [1.29, 1.82) is 0 Å². The quantitative estimate of drug-likeness (QED) is 0.615. The molecule has 20 heavy (non-hydrogen) atoms. The van der Waals surface area contributed by atoms with Crippen molar-refractivity contribution in [3.05, 3.63) is 23.0 Å². The summed E-state index contributed by atoms with van der Waals surface area (Å²) in [6.45, 7) is 7.79. The first kappa shape index (κ1) is 15.3. The van der Waals surface area contributed by atoms with E-state index in [4.69, 9.17) is 20.9 Å². The van der Waals surface area contributed by atoms with Crippen LogP contribution in [0, 0.1) is 0 Å². The molecule has 2 rings (SSSR count). The highest BCUT2D eigenvalue weighted by molar-refractivity contribution is 6.66. The van der Waals surface area contributed by atoms with Crippen molar-refractivity contribution in [2.45, 2.75) is 38.9 Å². The van der Waals surface area contributed by atoms with Gasteiger partial charge >= 0.3 is 13.1 Å². The lowest BCUT2D eigenvalue weighted by molar-refractivity contribution is 0.00578. The fourth-order valence-corrected chi connectivity index (χ4v) is 2.13. The molecular formula is C13H17BClNO4. The van der Waals surface area contributed by atoms with Crippen molar-refractivity contribution >= 4 is 30.2 Å². The number of nitrogens with zero attached hydrogens (tertiary/aromatic N) is 1. The van der Waals surface area contributed by atoms with E-state index in [1.807, 2.05) is 27.7 Å². The van der Waals surface area contributed by atoms with Crippen LogP contribution in [-0.2, 0) is 14.0 Å². The average molecular weight is 298 g/mol. The summed E-state index contributed by atoms with van der Waals surface area (Å²) in [6, 6.07) is 1.68. The number of hydrogen-bond donors (Lipinski definition) is 0. The summed E-state index contributed by atoms with van der Waals surface area (Å²) in [7, 11) is 0.640. The lowest BCUT2D eigenvalue weighted by Gasteiger charge is -2.32. The van der Waals surface area contributed by atoms with Crippen molar-refractivity contribution in [3.63, 3.8) is 0 Å². The fraction of sp³-hybridized carbons (Fsp3) is 0.538. The van der Waals surface area contributed by atoms with Crippen molar-refractivity contribution < 1.29 is 18.8 Å². The molecule has 0 aliphatic carbocycles. The second kappa shape index (κ2) is 5.02. The van der Waals surface area contributed by atoms with Crippen LogP contribution in [0.15, 0.2) is 12.3 Å². The van der Waals surface area contributed by atoms with Crippen LogP contribution in [-0.4, -0.2) is 36.4 Å². The first-order valence-corrected chi connectivity index (χ1v) is 6.66. The smallest absolute Gasteiger partial charge is 0.464 e. The van der Waals surface area contributed by atoms with Crippen LogP contribution in [0.25, 0.3) is 0 Å². The van der Waals surface area contributed by atoms with Gasteiger partial charge in [-0.2, -0.15) is 0 Å². The summed E-state index contributed by atoms with van der Waals surface area (Å²) >= 11 is 6.23. The third kappa shape index (κ3) is 2.43. The minimum absolute atomic E-state index is 0.0568. The minimum atomic E-state index is -0.640. The molecule has 7 heteroatoms. The maximum absolute atomic E-state index is 11.6. The van der Waals surface area contributed by atoms with E-state index >= 15 is 0 Å². The second-order valence-corrected chi connectivity index (χ2v) is 6.02. The van der Waals surface area contributed by atoms with Crippen LogP contribution in [0.1, 0.15) is 38.2 Å². The summed E-state index contributed by atoms with van der Waals surface area (Å²) in [5, 5.41) is 0.192. The molecule has 1 aromatic heterocycles. The predicted octanol–water partition coefficient (Wildman–Crippen LogP) is 1.82. The molecule has 0 spiro atoms. The first-order valence-electron chi connectivity index (χ1n) is 6.28. The van der Waals surface area contributed by atoms with Crippen LogP contribution in [0.4, 0.5) is 0 Å². The summed E-state index contributed by atoms with van der Waals surface area (Å²) in [6.07, 6.45) is 1.48. The number of pyridine rings is 1. The first-order chi connectivity index (χ1) is 9.19. The second-order valence-electron chi connectivity index (χ2n) is 5.64. The third-order valence-electron chi connectivity index (χ3n) is 3.81. The lowest BCUT2D eigenvalue weighted by atomic mass is 9.79. The van der Waals surface area contributed by atoms with Crippen LogP contribution in [0.2, 0.25) is 5.02 Å². The normalized spacial score (nSPS) is 20.0. The molecule has 5 nitrogen and oxygen atoms in total. The number of aromatic nitrogens is 1. The van der Waals surface area contributed by atoms with E-state index in [9.17, 15) is 4.79 Å². The topological polar surface area (TPSA) is 57.7 Å². The van der Waals surface area contributed by atoms with Gasteiger partial charge in [-0.05, 0) is 33.8 Å². The number of carbonyl (C=O) groups is 1. The SMILES string of the molecule is COC(=O)c1nccc(B2OC(C)(C)C(C)(C)O2)c1Cl. The van der Waals surface area contributed by atoms with E-state index < -0.39 is 24.3 Å². The maximum atomic E-state index is 11.6. The van der Waals surface area contributed by atoms with E-state index in [1.54, 1.807) is 6.07 Å². The molecule has 0 radical (unpaired) electrons. The highest BCUT2D eigenvalue weighted by atomic mass is 35.5. The molecule has 1 saturated heterocycles. The molecule has 0 bridgehead atoms. The summed E-state index contributed by atoms with van der Waals surface area (Å²) < 4.78 is 16.5. The van der Waals surface area contributed by atoms with Gasteiger partial charge in [0.2, 0.25) is 0 Å². The van der Waals surface area contributed by atoms with Crippen molar-refractivity contribution in [2.75, 3.05) is 7.11 Å². The van der Waals surface area contributed by atoms with E-state index in [1.165, 1.54) is 13.3 Å². The summed E-state index contributed by atoms with van der Waals surface area (Å²) in [5.74, 6) is -0.589. The van der Waals surface area contributed by atoms with E-state index in [0.29, 0.717) is 5.46 Å². The Morgan fingerprint density at radius 2 is 1.85 bits per heavy atom. The number of methoxy groups -OCH3 is 1. The minimum Gasteiger partial charge on any atom is -0.464 e. The Balaban J connectivity index is 2.39. The predicted molar refractivity (Wildman–Crippen MR) is 76.3 cm³/mol. The Bertz CT molecular complexity index is 531. The zero-order valence-corrected chi connectivity index (χ0v) is 12.9. The number of carbonyl (C=O) groups excluding carboxylic acids is 1. The molecule has 108 valence electrons. The van der Waals surface area contributed by atoms with Gasteiger partial charge < -0.3 is 14.0 Å². The Kier molecular flexibility index (Phi) is 3.84. The van der Waals surface area contributed by atoms with Gasteiger partial charge in [-0.15, -0.1) is 0 Å². The van der Waals surface area contributed by atoms with Gasteiger partial charge in [-0.1, -0.05) is 11.6 Å². The molecule has 0 saturated carbocycles. The molecule has 0 aromatic carbocycles. The number of ether oxygens (including phenoxy) is 1.